The molecule has 2 rings (SSSR count). The molecule has 0 radical (unpaired) electrons. The number of anilines is 1. The number of nitrogen functional groups attached to an aromatic ring is 1. The number of rotatable bonds is 2. The zero-order valence-corrected chi connectivity index (χ0v) is 10.2. The quantitative estimate of drug-likeness (QED) is 0.861. The van der Waals surface area contributed by atoms with Crippen LogP contribution in [-0.2, 0) is 6.18 Å². The molecule has 1 aromatic carbocycles. The number of alkyl halides is 3. The van der Waals surface area contributed by atoms with Crippen LogP contribution in [0.4, 0.5) is 23.5 Å². The molecule has 0 saturated carbocycles. The molecule has 106 valence electrons. The summed E-state index contributed by atoms with van der Waals surface area (Å²) < 4.78 is 56.1. The summed E-state index contributed by atoms with van der Waals surface area (Å²) in [4.78, 5) is 6.55. The van der Waals surface area contributed by atoms with Crippen molar-refractivity contribution in [3.63, 3.8) is 0 Å². The molecule has 1 heterocycles. The van der Waals surface area contributed by atoms with Gasteiger partial charge in [0.25, 0.3) is 0 Å². The van der Waals surface area contributed by atoms with Crippen LogP contribution in [-0.4, -0.2) is 9.97 Å². The number of benzene rings is 1. The number of hydrogen-bond donors (Lipinski definition) is 1. The van der Waals surface area contributed by atoms with E-state index in [1.807, 2.05) is 0 Å². The van der Waals surface area contributed by atoms with Crippen molar-refractivity contribution in [3.8, 4) is 11.6 Å². The summed E-state index contributed by atoms with van der Waals surface area (Å²) in [7, 11) is 0. The SMILES string of the molecule is Cc1ccc(F)c(Oc2cc(C(F)(F)F)nc(N)n2)c1. The molecule has 0 saturated heterocycles. The highest BCUT2D eigenvalue weighted by Crippen LogP contribution is 2.31. The summed E-state index contributed by atoms with van der Waals surface area (Å²) in [5.41, 5.74) is 4.61. The van der Waals surface area contributed by atoms with Gasteiger partial charge in [-0.3, -0.25) is 0 Å². The highest BCUT2D eigenvalue weighted by molar-refractivity contribution is 5.35. The largest absolute Gasteiger partial charge is 0.436 e. The Hall–Kier alpha value is -2.38. The minimum atomic E-state index is -4.69. The molecule has 8 heteroatoms. The Bertz CT molecular complexity index is 643. The predicted molar refractivity (Wildman–Crippen MR) is 62.7 cm³/mol. The lowest BCUT2D eigenvalue weighted by Crippen LogP contribution is -2.11. The van der Waals surface area contributed by atoms with E-state index in [0.29, 0.717) is 11.6 Å². The van der Waals surface area contributed by atoms with Crippen LogP contribution < -0.4 is 10.5 Å². The Morgan fingerprint density at radius 3 is 2.50 bits per heavy atom. The lowest BCUT2D eigenvalue weighted by molar-refractivity contribution is -0.141. The Morgan fingerprint density at radius 2 is 1.85 bits per heavy atom. The zero-order valence-electron chi connectivity index (χ0n) is 10.2. The number of hydrogen-bond acceptors (Lipinski definition) is 4. The molecule has 1 aromatic heterocycles. The van der Waals surface area contributed by atoms with Gasteiger partial charge in [0.15, 0.2) is 17.3 Å². The van der Waals surface area contributed by atoms with Crippen molar-refractivity contribution in [2.75, 3.05) is 5.73 Å². The molecule has 0 unspecified atom stereocenters. The van der Waals surface area contributed by atoms with Gasteiger partial charge in [0, 0.05) is 6.07 Å². The van der Waals surface area contributed by atoms with E-state index in [4.69, 9.17) is 10.5 Å². The lowest BCUT2D eigenvalue weighted by atomic mass is 10.2. The van der Waals surface area contributed by atoms with Crippen LogP contribution in [0.2, 0.25) is 0 Å². The maximum atomic E-state index is 13.5. The molecule has 0 aliphatic rings. The van der Waals surface area contributed by atoms with Gasteiger partial charge in [0.1, 0.15) is 0 Å². The minimum Gasteiger partial charge on any atom is -0.436 e. The summed E-state index contributed by atoms with van der Waals surface area (Å²) in [5, 5.41) is 0. The molecule has 20 heavy (non-hydrogen) atoms. The van der Waals surface area contributed by atoms with Gasteiger partial charge in [0.2, 0.25) is 11.8 Å². The first kappa shape index (κ1) is 14.0. The molecular weight excluding hydrogens is 278 g/mol. The van der Waals surface area contributed by atoms with E-state index in [2.05, 4.69) is 9.97 Å². The van der Waals surface area contributed by atoms with E-state index in [-0.39, 0.29) is 5.75 Å². The number of nitrogens with two attached hydrogens (primary N) is 1. The van der Waals surface area contributed by atoms with Crippen LogP contribution in [0.3, 0.4) is 0 Å². The van der Waals surface area contributed by atoms with E-state index >= 15 is 0 Å². The van der Waals surface area contributed by atoms with Crippen LogP contribution in [0.5, 0.6) is 11.6 Å². The molecule has 0 aliphatic heterocycles. The van der Waals surface area contributed by atoms with E-state index < -0.39 is 29.5 Å². The van der Waals surface area contributed by atoms with E-state index in [1.54, 1.807) is 6.92 Å². The molecule has 2 aromatic rings. The topological polar surface area (TPSA) is 61.0 Å². The van der Waals surface area contributed by atoms with Crippen molar-refractivity contribution in [2.45, 2.75) is 13.1 Å². The fourth-order valence-electron chi connectivity index (χ4n) is 1.44. The second-order valence-corrected chi connectivity index (χ2v) is 3.98. The first-order chi connectivity index (χ1) is 9.25. The summed E-state index contributed by atoms with van der Waals surface area (Å²) in [5.74, 6) is -2.05. The van der Waals surface area contributed by atoms with Gasteiger partial charge >= 0.3 is 6.18 Å². The van der Waals surface area contributed by atoms with E-state index in [0.717, 1.165) is 6.07 Å². The van der Waals surface area contributed by atoms with Crippen LogP contribution in [0, 0.1) is 12.7 Å². The number of ether oxygens (including phenoxy) is 1. The molecule has 0 atom stereocenters. The van der Waals surface area contributed by atoms with Gasteiger partial charge in [-0.05, 0) is 24.6 Å². The van der Waals surface area contributed by atoms with Gasteiger partial charge in [-0.15, -0.1) is 0 Å². The maximum Gasteiger partial charge on any atom is 0.433 e. The Morgan fingerprint density at radius 1 is 1.15 bits per heavy atom. The lowest BCUT2D eigenvalue weighted by Gasteiger charge is -2.10. The van der Waals surface area contributed by atoms with E-state index in [1.165, 1.54) is 12.1 Å². The summed E-state index contributed by atoms with van der Waals surface area (Å²) in [6.07, 6.45) is -4.69. The van der Waals surface area contributed by atoms with Crippen LogP contribution in [0.15, 0.2) is 24.3 Å². The van der Waals surface area contributed by atoms with Gasteiger partial charge in [-0.1, -0.05) is 6.07 Å². The molecule has 0 aliphatic carbocycles. The first-order valence-corrected chi connectivity index (χ1v) is 5.41. The second kappa shape index (κ2) is 4.95. The third kappa shape index (κ3) is 3.14. The molecule has 0 spiro atoms. The molecule has 2 N–H and O–H groups in total. The summed E-state index contributed by atoms with van der Waals surface area (Å²) in [6, 6.07) is 4.52. The average molecular weight is 287 g/mol. The Labute approximate surface area is 111 Å². The van der Waals surface area contributed by atoms with Crippen molar-refractivity contribution in [1.29, 1.82) is 0 Å². The molecular formula is C12H9F4N3O. The molecule has 4 nitrogen and oxygen atoms in total. The molecule has 0 fully saturated rings. The minimum absolute atomic E-state index is 0.240. The fourth-order valence-corrected chi connectivity index (χ4v) is 1.44. The standard InChI is InChI=1S/C12H9F4N3O/c1-6-2-3-7(13)8(4-6)20-10-5-9(12(14,15)16)18-11(17)19-10/h2-5H,1H3,(H2,17,18,19). The monoisotopic (exact) mass is 287 g/mol. The van der Waals surface area contributed by atoms with Crippen LogP contribution in [0.1, 0.15) is 11.3 Å². The van der Waals surface area contributed by atoms with Crippen molar-refractivity contribution in [1.82, 2.24) is 9.97 Å². The molecule has 0 amide bonds. The van der Waals surface area contributed by atoms with Crippen molar-refractivity contribution < 1.29 is 22.3 Å². The fraction of sp³-hybridized carbons (Fsp3) is 0.167. The maximum absolute atomic E-state index is 13.5. The average Bonchev–Trinajstić information content (AvgIpc) is 2.32. The van der Waals surface area contributed by atoms with Gasteiger partial charge in [-0.2, -0.15) is 18.2 Å². The van der Waals surface area contributed by atoms with Gasteiger partial charge in [0.05, 0.1) is 0 Å². The van der Waals surface area contributed by atoms with Crippen molar-refractivity contribution in [3.05, 3.63) is 41.3 Å². The predicted octanol–water partition coefficient (Wildman–Crippen LogP) is 3.32. The summed E-state index contributed by atoms with van der Waals surface area (Å²) >= 11 is 0. The second-order valence-electron chi connectivity index (χ2n) is 3.98. The number of nitrogens with zero attached hydrogens (tertiary/aromatic N) is 2. The smallest absolute Gasteiger partial charge is 0.433 e. The Balaban J connectivity index is 2.39. The van der Waals surface area contributed by atoms with Crippen molar-refractivity contribution >= 4 is 5.95 Å². The Kier molecular flexibility index (Phi) is 3.47. The number of aryl methyl sites for hydroxylation is 1. The highest BCUT2D eigenvalue weighted by Gasteiger charge is 2.34. The van der Waals surface area contributed by atoms with Gasteiger partial charge in [-0.25, -0.2) is 9.37 Å². The third-order valence-electron chi connectivity index (χ3n) is 2.31. The zero-order chi connectivity index (χ0) is 14.9. The third-order valence-corrected chi connectivity index (χ3v) is 2.31. The normalized spacial score (nSPS) is 11.4. The van der Waals surface area contributed by atoms with Crippen LogP contribution in [0.25, 0.3) is 0 Å². The number of halogens is 4. The van der Waals surface area contributed by atoms with Crippen molar-refractivity contribution in [2.24, 2.45) is 0 Å². The van der Waals surface area contributed by atoms with Gasteiger partial charge < -0.3 is 10.5 Å². The van der Waals surface area contributed by atoms with Crippen LogP contribution >= 0.6 is 0 Å². The highest BCUT2D eigenvalue weighted by atomic mass is 19.4. The first-order valence-electron chi connectivity index (χ1n) is 5.41. The number of aromatic nitrogens is 2. The van der Waals surface area contributed by atoms with E-state index in [9.17, 15) is 17.6 Å². The summed E-state index contributed by atoms with van der Waals surface area (Å²) in [6.45, 7) is 1.68. The molecule has 0 bridgehead atoms.